The summed E-state index contributed by atoms with van der Waals surface area (Å²) in [5.74, 6) is 3.70. The Hall–Kier alpha value is -3.93. The first-order valence-corrected chi connectivity index (χ1v) is 16.7. The molecule has 1 N–H and O–H groups in total. The van der Waals surface area contributed by atoms with Gasteiger partial charge >= 0.3 is 5.97 Å². The van der Waals surface area contributed by atoms with Crippen molar-refractivity contribution in [2.24, 2.45) is 35.5 Å². The molecular weight excluding hydrogens is 558 g/mol. The SMILES string of the molecule is C=CC1CCC(/C=C/C2CC(/C=C/COC(=O)CCc3cc(-n4nc5ccccc5n4)c(O)c(C(C)(C)C)c3)C3C=CCC23)C1. The Labute approximate surface area is 267 Å². The van der Waals surface area contributed by atoms with Crippen LogP contribution < -0.4 is 0 Å². The van der Waals surface area contributed by atoms with Gasteiger partial charge in [-0.2, -0.15) is 0 Å². The number of phenols is 1. The molecule has 0 bridgehead atoms. The molecule has 6 atom stereocenters. The van der Waals surface area contributed by atoms with Crippen LogP contribution in [-0.2, 0) is 21.4 Å². The van der Waals surface area contributed by atoms with Gasteiger partial charge in [-0.05, 0) is 103 Å². The summed E-state index contributed by atoms with van der Waals surface area (Å²) in [5, 5.41) is 20.4. The van der Waals surface area contributed by atoms with Gasteiger partial charge in [0.15, 0.2) is 0 Å². The highest BCUT2D eigenvalue weighted by atomic mass is 16.5. The first-order chi connectivity index (χ1) is 21.7. The zero-order chi connectivity index (χ0) is 31.6. The van der Waals surface area contributed by atoms with E-state index in [-0.39, 0.29) is 23.6 Å². The van der Waals surface area contributed by atoms with Gasteiger partial charge in [0, 0.05) is 12.0 Å². The lowest BCUT2D eigenvalue weighted by Gasteiger charge is -2.23. The molecule has 0 radical (unpaired) electrons. The molecule has 2 saturated carbocycles. The molecule has 0 amide bonds. The number of esters is 1. The van der Waals surface area contributed by atoms with Crippen LogP contribution in [0, 0.1) is 35.5 Å². The van der Waals surface area contributed by atoms with Crippen molar-refractivity contribution in [3.05, 3.63) is 96.6 Å². The second kappa shape index (κ2) is 13.2. The fourth-order valence-corrected chi connectivity index (χ4v) is 7.63. The summed E-state index contributed by atoms with van der Waals surface area (Å²) in [6.45, 7) is 10.5. The highest BCUT2D eigenvalue weighted by molar-refractivity contribution is 5.74. The van der Waals surface area contributed by atoms with Crippen molar-refractivity contribution in [2.45, 2.75) is 71.1 Å². The lowest BCUT2D eigenvalue weighted by Crippen LogP contribution is -2.14. The molecule has 6 heteroatoms. The largest absolute Gasteiger partial charge is 0.505 e. The van der Waals surface area contributed by atoms with Crippen LogP contribution in [0.2, 0.25) is 0 Å². The Bertz CT molecular complexity index is 1590. The number of carbonyl (C=O) groups is 1. The number of benzene rings is 2. The van der Waals surface area contributed by atoms with Crippen LogP contribution in [0.3, 0.4) is 0 Å². The number of carbonyl (C=O) groups excluding carboxylic acids is 1. The van der Waals surface area contributed by atoms with E-state index in [1.54, 1.807) is 0 Å². The molecule has 6 rings (SSSR count). The summed E-state index contributed by atoms with van der Waals surface area (Å²) >= 11 is 0. The van der Waals surface area contributed by atoms with Gasteiger partial charge in [0.05, 0.1) is 0 Å². The quantitative estimate of drug-likeness (QED) is 0.185. The maximum atomic E-state index is 12.8. The average Bonchev–Trinajstić information content (AvgIpc) is 3.82. The Balaban J connectivity index is 1.04. The second-order valence-corrected chi connectivity index (χ2v) is 14.3. The van der Waals surface area contributed by atoms with E-state index in [9.17, 15) is 9.90 Å². The number of hydrogen-bond acceptors (Lipinski definition) is 5. The molecular formula is C39H47N3O3. The molecule has 3 aromatic rings. The van der Waals surface area contributed by atoms with Crippen LogP contribution in [0.5, 0.6) is 5.75 Å². The fourth-order valence-electron chi connectivity index (χ4n) is 7.63. The minimum absolute atomic E-state index is 0.156. The summed E-state index contributed by atoms with van der Waals surface area (Å²) < 4.78 is 5.63. The van der Waals surface area contributed by atoms with E-state index >= 15 is 0 Å². The predicted octanol–water partition coefficient (Wildman–Crippen LogP) is 8.44. The third kappa shape index (κ3) is 7.00. The lowest BCUT2D eigenvalue weighted by atomic mass is 9.84. The zero-order valence-corrected chi connectivity index (χ0v) is 26.9. The standard InChI is InChI=1S/C39H47N3O3/c1-5-26-15-16-27(22-26)17-19-30-25-29(31-11-8-12-32(30)31)10-9-21-45-37(43)20-18-28-23-33(39(2,3)4)38(44)36(24-28)42-40-34-13-6-7-14-35(34)41-42/h5-11,13-14,17,19,23-24,26-27,29-32,44H,1,12,15-16,18,20-22,25H2,2-4H3/b10-9+,19-17+. The molecule has 45 heavy (non-hydrogen) atoms. The molecule has 2 aromatic carbocycles. The number of aromatic hydroxyl groups is 1. The highest BCUT2D eigenvalue weighted by Gasteiger charge is 2.41. The third-order valence-electron chi connectivity index (χ3n) is 10.1. The van der Waals surface area contributed by atoms with Crippen LogP contribution in [0.4, 0.5) is 0 Å². The van der Waals surface area contributed by atoms with Crippen LogP contribution in [0.15, 0.2) is 85.5 Å². The molecule has 6 unspecified atom stereocenters. The van der Waals surface area contributed by atoms with E-state index in [2.05, 4.69) is 74.0 Å². The van der Waals surface area contributed by atoms with Crippen molar-refractivity contribution in [3.63, 3.8) is 0 Å². The van der Waals surface area contributed by atoms with Crippen LogP contribution in [-0.4, -0.2) is 32.7 Å². The Kier molecular flexibility index (Phi) is 9.11. The number of fused-ring (bicyclic) bond motifs is 2. The summed E-state index contributed by atoms with van der Waals surface area (Å²) in [6, 6.07) is 11.5. The van der Waals surface area contributed by atoms with Crippen LogP contribution in [0.25, 0.3) is 16.7 Å². The van der Waals surface area contributed by atoms with Gasteiger partial charge in [-0.15, -0.1) is 21.6 Å². The van der Waals surface area contributed by atoms with E-state index in [4.69, 9.17) is 4.74 Å². The Morgan fingerprint density at radius 1 is 1.04 bits per heavy atom. The van der Waals surface area contributed by atoms with Gasteiger partial charge < -0.3 is 9.84 Å². The minimum atomic E-state index is -0.305. The van der Waals surface area contributed by atoms with Gasteiger partial charge in [-0.1, -0.05) is 81.5 Å². The molecule has 0 aliphatic heterocycles. The predicted molar refractivity (Wildman–Crippen MR) is 180 cm³/mol. The van der Waals surface area contributed by atoms with Gasteiger partial charge in [-0.25, -0.2) is 0 Å². The molecule has 2 fully saturated rings. The second-order valence-electron chi connectivity index (χ2n) is 14.3. The first-order valence-electron chi connectivity index (χ1n) is 16.7. The number of aryl methyl sites for hydroxylation is 1. The number of rotatable bonds is 10. The van der Waals surface area contributed by atoms with Crippen molar-refractivity contribution in [1.82, 2.24) is 15.0 Å². The zero-order valence-electron chi connectivity index (χ0n) is 26.9. The monoisotopic (exact) mass is 605 g/mol. The van der Waals surface area contributed by atoms with Crippen molar-refractivity contribution in [2.75, 3.05) is 6.61 Å². The lowest BCUT2D eigenvalue weighted by molar-refractivity contribution is -0.142. The van der Waals surface area contributed by atoms with E-state index in [0.717, 1.165) is 28.6 Å². The number of phenolic OH excluding ortho intramolecular Hbond substituents is 1. The van der Waals surface area contributed by atoms with E-state index in [1.807, 2.05) is 42.5 Å². The molecule has 3 aliphatic rings. The van der Waals surface area contributed by atoms with Crippen molar-refractivity contribution < 1.29 is 14.6 Å². The number of aromatic nitrogens is 3. The molecule has 236 valence electrons. The fraction of sp³-hybridized carbons (Fsp3) is 0.462. The number of nitrogens with zero attached hydrogens (tertiary/aromatic N) is 3. The summed E-state index contributed by atoms with van der Waals surface area (Å²) in [7, 11) is 0. The highest BCUT2D eigenvalue weighted by Crippen LogP contribution is 2.49. The summed E-state index contributed by atoms with van der Waals surface area (Å²) in [4.78, 5) is 14.3. The maximum absolute atomic E-state index is 12.8. The number of ether oxygens (including phenoxy) is 1. The minimum Gasteiger partial charge on any atom is -0.505 e. The smallest absolute Gasteiger partial charge is 0.306 e. The Morgan fingerprint density at radius 2 is 1.80 bits per heavy atom. The number of allylic oxidation sites excluding steroid dienone is 6. The third-order valence-corrected chi connectivity index (χ3v) is 10.1. The van der Waals surface area contributed by atoms with Crippen LogP contribution >= 0.6 is 0 Å². The average molecular weight is 606 g/mol. The molecule has 1 aromatic heterocycles. The van der Waals surface area contributed by atoms with E-state index < -0.39 is 0 Å². The van der Waals surface area contributed by atoms with Crippen molar-refractivity contribution in [1.29, 1.82) is 0 Å². The van der Waals surface area contributed by atoms with E-state index in [1.165, 1.54) is 30.5 Å². The van der Waals surface area contributed by atoms with Gasteiger partial charge in [0.1, 0.15) is 29.1 Å². The van der Waals surface area contributed by atoms with Crippen LogP contribution in [0.1, 0.15) is 70.4 Å². The number of hydrogen-bond donors (Lipinski definition) is 1. The maximum Gasteiger partial charge on any atom is 0.306 e. The van der Waals surface area contributed by atoms with Gasteiger partial charge in [-0.3, -0.25) is 4.79 Å². The van der Waals surface area contributed by atoms with Crippen molar-refractivity contribution in [3.8, 4) is 11.4 Å². The summed E-state index contributed by atoms with van der Waals surface area (Å²) in [5.41, 5.74) is 3.44. The molecule has 6 nitrogen and oxygen atoms in total. The molecule has 1 heterocycles. The summed E-state index contributed by atoms with van der Waals surface area (Å²) in [6.07, 6.45) is 23.1. The first kappa shape index (κ1) is 31.1. The topological polar surface area (TPSA) is 77.2 Å². The normalized spacial score (nSPS) is 26.4. The Morgan fingerprint density at radius 3 is 2.51 bits per heavy atom. The molecule has 0 spiro atoms. The van der Waals surface area contributed by atoms with Crippen molar-refractivity contribution >= 4 is 17.0 Å². The van der Waals surface area contributed by atoms with Gasteiger partial charge in [0.2, 0.25) is 0 Å². The van der Waals surface area contributed by atoms with Gasteiger partial charge in [0.25, 0.3) is 0 Å². The molecule has 3 aliphatic carbocycles. The molecule has 0 saturated heterocycles. The van der Waals surface area contributed by atoms with E-state index in [0.29, 0.717) is 54.2 Å².